The molecule has 0 N–H and O–H groups in total. The number of rotatable bonds is 11. The topological polar surface area (TPSA) is 54.0 Å². The molecular weight excluding hydrogens is 403 g/mol. The minimum atomic E-state index is -3.60. The van der Waals surface area contributed by atoms with Gasteiger partial charge in [-0.05, 0) is 58.3 Å². The molecule has 0 bridgehead atoms. The van der Waals surface area contributed by atoms with Crippen LogP contribution in [0.1, 0.15) is 61.0 Å². The second-order valence-electron chi connectivity index (χ2n) is 9.62. The van der Waals surface area contributed by atoms with Gasteiger partial charge in [-0.2, -0.15) is 0 Å². The first kappa shape index (κ1) is 26.5. The molecule has 1 aromatic rings. The molecule has 0 aliphatic rings. The quantitative estimate of drug-likeness (QED) is 0.272. The largest absolute Gasteiger partial charge is 0.401 e. The molecule has 0 aliphatic heterocycles. The first-order chi connectivity index (χ1) is 13.2. The van der Waals surface area contributed by atoms with Gasteiger partial charge >= 0.3 is 7.60 Å². The Bertz CT molecular complexity index is 641. The van der Waals surface area contributed by atoms with Crippen molar-refractivity contribution < 1.29 is 22.8 Å². The fourth-order valence-corrected chi connectivity index (χ4v) is 7.03. The average Bonchev–Trinajstić information content (AvgIpc) is 2.56. The lowest BCUT2D eigenvalue weighted by atomic mass is 10.2. The molecule has 29 heavy (non-hydrogen) atoms. The van der Waals surface area contributed by atoms with Crippen LogP contribution in [0.4, 0.5) is 0 Å². The molecule has 0 heterocycles. The number of hydrogen-bond acceptors (Lipinski definition) is 5. The Hall–Kier alpha value is -0.493. The number of benzene rings is 1. The lowest BCUT2D eigenvalue weighted by molar-refractivity contribution is -0.0162. The van der Waals surface area contributed by atoms with Gasteiger partial charge in [0.25, 0.3) is 0 Å². The molecule has 0 radical (unpaired) electrons. The van der Waals surface area contributed by atoms with Crippen LogP contribution in [0, 0.1) is 0 Å². The Balaban J connectivity index is 3.22. The van der Waals surface area contributed by atoms with Crippen LogP contribution in [-0.4, -0.2) is 32.5 Å². The fraction of sp³-hybridized carbons (Fsp3) is 0.727. The monoisotopic (exact) mass is 444 g/mol. The predicted octanol–water partition coefficient (Wildman–Crippen LogP) is 6.98. The van der Waals surface area contributed by atoms with Gasteiger partial charge in [0.05, 0.1) is 24.9 Å². The van der Waals surface area contributed by atoms with E-state index in [9.17, 15) is 4.57 Å². The summed E-state index contributed by atoms with van der Waals surface area (Å²) in [7, 11) is -5.86. The molecular formula is C22H41O5PSi. The van der Waals surface area contributed by atoms with Crippen molar-refractivity contribution in [2.24, 2.45) is 0 Å². The van der Waals surface area contributed by atoms with Gasteiger partial charge in [-0.3, -0.25) is 4.57 Å². The maximum Gasteiger partial charge on any atom is 0.361 e. The smallest absolute Gasteiger partial charge is 0.361 e. The summed E-state index contributed by atoms with van der Waals surface area (Å²) in [6.07, 6.45) is -0.981. The summed E-state index contributed by atoms with van der Waals surface area (Å²) in [4.78, 5) is 0. The fourth-order valence-electron chi connectivity index (χ4n) is 2.51. The zero-order valence-corrected chi connectivity index (χ0v) is 21.8. The minimum Gasteiger partial charge on any atom is -0.401 e. The maximum atomic E-state index is 14.0. The first-order valence-electron chi connectivity index (χ1n) is 10.5. The zero-order chi connectivity index (χ0) is 22.5. The van der Waals surface area contributed by atoms with Crippen molar-refractivity contribution in [3.05, 3.63) is 35.9 Å². The molecule has 0 saturated heterocycles. The Morgan fingerprint density at radius 3 is 1.83 bits per heavy atom. The Kier molecular flexibility index (Phi) is 9.79. The first-order valence-corrected chi connectivity index (χ1v) is 15.0. The van der Waals surface area contributed by atoms with E-state index in [0.29, 0.717) is 6.61 Å². The second-order valence-corrected chi connectivity index (χ2v) is 16.4. The van der Waals surface area contributed by atoms with E-state index in [1.54, 1.807) is 0 Å². The van der Waals surface area contributed by atoms with Crippen LogP contribution >= 0.6 is 7.60 Å². The van der Waals surface area contributed by atoms with Gasteiger partial charge in [0, 0.05) is 0 Å². The Morgan fingerprint density at radius 2 is 1.41 bits per heavy atom. The van der Waals surface area contributed by atoms with E-state index in [2.05, 4.69) is 33.9 Å². The van der Waals surface area contributed by atoms with Crippen molar-refractivity contribution >= 4 is 15.9 Å². The van der Waals surface area contributed by atoms with Crippen molar-refractivity contribution in [1.82, 2.24) is 0 Å². The van der Waals surface area contributed by atoms with Crippen molar-refractivity contribution in [2.75, 3.05) is 0 Å². The molecule has 0 unspecified atom stereocenters. The molecule has 0 amide bonds. The van der Waals surface area contributed by atoms with E-state index >= 15 is 0 Å². The third kappa shape index (κ3) is 8.27. The lowest BCUT2D eigenvalue weighted by Gasteiger charge is -2.42. The van der Waals surface area contributed by atoms with Crippen molar-refractivity contribution in [3.8, 4) is 0 Å². The van der Waals surface area contributed by atoms with Gasteiger partial charge in [0.1, 0.15) is 0 Å². The second kappa shape index (κ2) is 10.7. The van der Waals surface area contributed by atoms with Crippen LogP contribution in [-0.2, 0) is 29.4 Å². The van der Waals surface area contributed by atoms with Crippen LogP contribution < -0.4 is 0 Å². The SMILES string of the molecule is CC(C)OP(=O)(OC(C)C)[C@@H](O[Si](C)(C)C(C)(C)C)[C@H](C)OCc1ccccc1. The highest BCUT2D eigenvalue weighted by molar-refractivity contribution is 7.54. The molecule has 7 heteroatoms. The summed E-state index contributed by atoms with van der Waals surface area (Å²) >= 11 is 0. The van der Waals surface area contributed by atoms with Crippen LogP contribution in [0.5, 0.6) is 0 Å². The van der Waals surface area contributed by atoms with Crippen LogP contribution in [0.3, 0.4) is 0 Å². The third-order valence-corrected chi connectivity index (χ3v) is 12.2. The van der Waals surface area contributed by atoms with E-state index < -0.39 is 27.9 Å². The van der Waals surface area contributed by atoms with Crippen molar-refractivity contribution in [1.29, 1.82) is 0 Å². The van der Waals surface area contributed by atoms with Gasteiger partial charge in [-0.15, -0.1) is 0 Å². The highest BCUT2D eigenvalue weighted by atomic mass is 31.2. The molecule has 0 spiro atoms. The minimum absolute atomic E-state index is 0.0507. The maximum absolute atomic E-state index is 14.0. The van der Waals surface area contributed by atoms with E-state index in [1.807, 2.05) is 65.0 Å². The van der Waals surface area contributed by atoms with Gasteiger partial charge in [0.2, 0.25) is 0 Å². The number of ether oxygens (including phenoxy) is 1. The number of hydrogen-bond donors (Lipinski definition) is 0. The van der Waals surface area contributed by atoms with Crippen molar-refractivity contribution in [3.63, 3.8) is 0 Å². The van der Waals surface area contributed by atoms with Gasteiger partial charge in [-0.1, -0.05) is 51.1 Å². The van der Waals surface area contributed by atoms with Crippen LogP contribution in [0.2, 0.25) is 18.1 Å². The average molecular weight is 445 g/mol. The summed E-state index contributed by atoms with van der Waals surface area (Å²) < 4.78 is 38.5. The van der Waals surface area contributed by atoms with E-state index in [4.69, 9.17) is 18.2 Å². The molecule has 168 valence electrons. The summed E-state index contributed by atoms with van der Waals surface area (Å²) in [5.41, 5.74) is 1.05. The molecule has 0 fully saturated rings. The highest BCUT2D eigenvalue weighted by Gasteiger charge is 2.49. The van der Waals surface area contributed by atoms with Gasteiger partial charge in [-0.25, -0.2) is 0 Å². The molecule has 1 rings (SSSR count). The molecule has 0 saturated carbocycles. The standard InChI is InChI=1S/C22H41O5PSi/c1-17(2)25-28(23,26-18(3)4)21(27-29(9,10)22(6,7)8)19(5)24-16-20-14-12-11-13-15-20/h11-15,17-19,21H,16H2,1-10H3/t19-,21+/m0/s1. The van der Waals surface area contributed by atoms with Crippen molar-refractivity contribution in [2.45, 2.75) is 104 Å². The summed E-state index contributed by atoms with van der Waals surface area (Å²) in [6.45, 7) is 20.5. The summed E-state index contributed by atoms with van der Waals surface area (Å²) in [5, 5.41) is -0.0507. The molecule has 0 aliphatic carbocycles. The van der Waals surface area contributed by atoms with E-state index in [0.717, 1.165) is 5.56 Å². The molecule has 5 nitrogen and oxygen atoms in total. The van der Waals surface area contributed by atoms with E-state index in [1.165, 1.54) is 0 Å². The predicted molar refractivity (Wildman–Crippen MR) is 123 cm³/mol. The molecule has 0 aromatic heterocycles. The van der Waals surface area contributed by atoms with Crippen LogP contribution in [0.15, 0.2) is 30.3 Å². The normalized spacial score (nSPS) is 15.7. The zero-order valence-electron chi connectivity index (χ0n) is 19.9. The van der Waals surface area contributed by atoms with Crippen LogP contribution in [0.25, 0.3) is 0 Å². The van der Waals surface area contributed by atoms with Gasteiger partial charge < -0.3 is 18.2 Å². The van der Waals surface area contributed by atoms with Gasteiger partial charge in [0.15, 0.2) is 14.2 Å². The summed E-state index contributed by atoms with van der Waals surface area (Å²) in [5.74, 6) is -0.795. The van der Waals surface area contributed by atoms with E-state index in [-0.39, 0.29) is 17.2 Å². The Morgan fingerprint density at radius 1 is 0.931 bits per heavy atom. The Labute approximate surface area is 179 Å². The molecule has 1 aromatic carbocycles. The third-order valence-electron chi connectivity index (χ3n) is 5.01. The molecule has 2 atom stereocenters. The highest BCUT2D eigenvalue weighted by Crippen LogP contribution is 2.58. The lowest BCUT2D eigenvalue weighted by Crippen LogP contribution is -2.47. The summed E-state index contributed by atoms with van der Waals surface area (Å²) in [6, 6.07) is 9.93.